The maximum atomic E-state index is 9.11. The zero-order valence-corrected chi connectivity index (χ0v) is 6.07. The molecule has 0 amide bonds. The number of hydroxylamine groups is 2. The van der Waals surface area contributed by atoms with Gasteiger partial charge in [-0.15, -0.1) is 0 Å². The molecule has 0 bridgehead atoms. The number of amidine groups is 1. The molecule has 5 heteroatoms. The predicted molar refractivity (Wildman–Crippen MR) is 36.0 cm³/mol. The lowest BCUT2D eigenvalue weighted by Crippen LogP contribution is -2.39. The average Bonchev–Trinajstić information content (AvgIpc) is 2.17. The van der Waals surface area contributed by atoms with Crippen molar-refractivity contribution in [2.75, 3.05) is 0 Å². The van der Waals surface area contributed by atoms with Crippen LogP contribution in [0.2, 0.25) is 0 Å². The summed E-state index contributed by atoms with van der Waals surface area (Å²) in [4.78, 5) is 0. The van der Waals surface area contributed by atoms with Crippen LogP contribution >= 0.6 is 0 Å². The summed E-state index contributed by atoms with van der Waals surface area (Å²) in [7, 11) is 0. The highest BCUT2D eigenvalue weighted by molar-refractivity contribution is 5.86. The van der Waals surface area contributed by atoms with Crippen LogP contribution in [0.3, 0.4) is 0 Å². The summed E-state index contributed by atoms with van der Waals surface area (Å²) in [6.45, 7) is 1.47. The zero-order chi connectivity index (χ0) is 8.65. The number of nitrogens with one attached hydrogen (secondary N) is 1. The molecule has 0 saturated carbocycles. The maximum Gasteiger partial charge on any atom is 0.154 e. The molecule has 1 saturated heterocycles. The maximum absolute atomic E-state index is 9.11. The molecule has 0 aromatic rings. The molecule has 2 unspecified atom stereocenters. The molecule has 0 aliphatic carbocycles. The SMILES string of the molecule is CC1(C#N)CC(O)C(=N)N1O. The van der Waals surface area contributed by atoms with E-state index in [0.29, 0.717) is 5.06 Å². The summed E-state index contributed by atoms with van der Waals surface area (Å²) in [6, 6.07) is 1.83. The van der Waals surface area contributed by atoms with Gasteiger partial charge in [-0.05, 0) is 6.92 Å². The average molecular weight is 155 g/mol. The van der Waals surface area contributed by atoms with E-state index in [1.54, 1.807) is 0 Å². The van der Waals surface area contributed by atoms with Crippen LogP contribution in [0.5, 0.6) is 0 Å². The lowest BCUT2D eigenvalue weighted by molar-refractivity contribution is -0.0646. The number of nitrogens with zero attached hydrogens (tertiary/aromatic N) is 2. The molecule has 2 atom stereocenters. The van der Waals surface area contributed by atoms with Crippen LogP contribution in [0.15, 0.2) is 0 Å². The Balaban J connectivity index is 2.93. The smallest absolute Gasteiger partial charge is 0.154 e. The van der Waals surface area contributed by atoms with E-state index in [-0.39, 0.29) is 12.3 Å². The molecule has 5 nitrogen and oxygen atoms in total. The molecule has 0 radical (unpaired) electrons. The van der Waals surface area contributed by atoms with Gasteiger partial charge in [0, 0.05) is 6.42 Å². The summed E-state index contributed by atoms with van der Waals surface area (Å²) in [5.41, 5.74) is -1.14. The Labute approximate surface area is 63.9 Å². The van der Waals surface area contributed by atoms with Crippen molar-refractivity contribution in [3.05, 3.63) is 0 Å². The summed E-state index contributed by atoms with van der Waals surface area (Å²) in [6.07, 6.45) is -0.941. The summed E-state index contributed by atoms with van der Waals surface area (Å²) < 4.78 is 0. The highest BCUT2D eigenvalue weighted by Gasteiger charge is 2.45. The van der Waals surface area contributed by atoms with Crippen molar-refractivity contribution in [2.24, 2.45) is 0 Å². The highest BCUT2D eigenvalue weighted by atomic mass is 16.5. The first-order valence-electron chi connectivity index (χ1n) is 3.18. The molecule has 0 aromatic heterocycles. The van der Waals surface area contributed by atoms with Gasteiger partial charge in [0.2, 0.25) is 0 Å². The summed E-state index contributed by atoms with van der Waals surface area (Å²) in [5, 5.41) is 34.3. The Morgan fingerprint density at radius 3 is 2.64 bits per heavy atom. The van der Waals surface area contributed by atoms with Gasteiger partial charge >= 0.3 is 0 Å². The number of rotatable bonds is 0. The van der Waals surface area contributed by atoms with Crippen molar-refractivity contribution in [1.29, 1.82) is 10.7 Å². The predicted octanol–water partition coefficient (Wildman–Crippen LogP) is -0.298. The van der Waals surface area contributed by atoms with Gasteiger partial charge < -0.3 is 5.11 Å². The quantitative estimate of drug-likeness (QED) is 0.448. The molecule has 60 valence electrons. The minimum Gasteiger partial charge on any atom is -0.385 e. The Bertz CT molecular complexity index is 234. The molecule has 0 spiro atoms. The van der Waals surface area contributed by atoms with Crippen molar-refractivity contribution >= 4 is 5.84 Å². The number of aliphatic hydroxyl groups is 1. The molecular formula is C6H9N3O2. The largest absolute Gasteiger partial charge is 0.385 e. The van der Waals surface area contributed by atoms with Crippen LogP contribution in [-0.2, 0) is 0 Å². The van der Waals surface area contributed by atoms with E-state index in [1.807, 2.05) is 6.07 Å². The lowest BCUT2D eigenvalue weighted by atomic mass is 10.0. The minimum atomic E-state index is -1.14. The summed E-state index contributed by atoms with van der Waals surface area (Å²) in [5.74, 6) is -0.311. The van der Waals surface area contributed by atoms with Gasteiger partial charge in [0.25, 0.3) is 0 Å². The molecule has 0 aromatic carbocycles. The first-order valence-corrected chi connectivity index (χ1v) is 3.18. The van der Waals surface area contributed by atoms with E-state index < -0.39 is 11.6 Å². The normalized spacial score (nSPS) is 37.5. The van der Waals surface area contributed by atoms with Gasteiger partial charge in [0.15, 0.2) is 11.4 Å². The fourth-order valence-corrected chi connectivity index (χ4v) is 1.06. The van der Waals surface area contributed by atoms with E-state index in [4.69, 9.17) is 21.0 Å². The van der Waals surface area contributed by atoms with Crippen LogP contribution in [0.1, 0.15) is 13.3 Å². The second-order valence-corrected chi connectivity index (χ2v) is 2.80. The molecule has 3 N–H and O–H groups in total. The van der Waals surface area contributed by atoms with Gasteiger partial charge in [-0.1, -0.05) is 0 Å². The third-order valence-corrected chi connectivity index (χ3v) is 1.84. The summed E-state index contributed by atoms with van der Waals surface area (Å²) >= 11 is 0. The Kier molecular flexibility index (Phi) is 1.59. The molecule has 1 aliphatic heterocycles. The van der Waals surface area contributed by atoms with Gasteiger partial charge in [0.1, 0.15) is 6.10 Å². The molecule has 1 fully saturated rings. The van der Waals surface area contributed by atoms with Crippen molar-refractivity contribution in [3.8, 4) is 6.07 Å². The highest BCUT2D eigenvalue weighted by Crippen LogP contribution is 2.27. The number of nitriles is 1. The number of aliphatic hydroxyl groups excluding tert-OH is 1. The molecule has 1 rings (SSSR count). The van der Waals surface area contributed by atoms with Crippen molar-refractivity contribution in [2.45, 2.75) is 25.0 Å². The van der Waals surface area contributed by atoms with Crippen molar-refractivity contribution < 1.29 is 10.3 Å². The second kappa shape index (κ2) is 2.19. The van der Waals surface area contributed by atoms with E-state index >= 15 is 0 Å². The third kappa shape index (κ3) is 0.964. The third-order valence-electron chi connectivity index (χ3n) is 1.84. The fraction of sp³-hybridized carbons (Fsp3) is 0.667. The number of hydrogen-bond donors (Lipinski definition) is 3. The Morgan fingerprint density at radius 1 is 1.91 bits per heavy atom. The lowest BCUT2D eigenvalue weighted by Gasteiger charge is -2.21. The fourth-order valence-electron chi connectivity index (χ4n) is 1.06. The topological polar surface area (TPSA) is 91.3 Å². The Hall–Kier alpha value is -1.12. The minimum absolute atomic E-state index is 0.0822. The van der Waals surface area contributed by atoms with Crippen LogP contribution in [0.4, 0.5) is 0 Å². The molecule has 1 aliphatic rings. The van der Waals surface area contributed by atoms with E-state index in [0.717, 1.165) is 0 Å². The van der Waals surface area contributed by atoms with Gasteiger partial charge in [0.05, 0.1) is 6.07 Å². The van der Waals surface area contributed by atoms with Gasteiger partial charge in [-0.3, -0.25) is 10.6 Å². The van der Waals surface area contributed by atoms with Gasteiger partial charge in [-0.2, -0.15) is 5.26 Å². The van der Waals surface area contributed by atoms with E-state index in [9.17, 15) is 0 Å². The first kappa shape index (κ1) is 7.98. The van der Waals surface area contributed by atoms with Crippen LogP contribution < -0.4 is 0 Å². The molecule has 11 heavy (non-hydrogen) atoms. The monoisotopic (exact) mass is 155 g/mol. The Morgan fingerprint density at radius 2 is 2.45 bits per heavy atom. The molecular weight excluding hydrogens is 146 g/mol. The van der Waals surface area contributed by atoms with Crippen molar-refractivity contribution in [1.82, 2.24) is 5.06 Å². The van der Waals surface area contributed by atoms with E-state index in [1.165, 1.54) is 6.92 Å². The van der Waals surface area contributed by atoms with Crippen molar-refractivity contribution in [3.63, 3.8) is 0 Å². The molecule has 1 heterocycles. The first-order chi connectivity index (χ1) is 5.01. The second-order valence-electron chi connectivity index (χ2n) is 2.80. The van der Waals surface area contributed by atoms with Gasteiger partial charge in [-0.25, -0.2) is 5.06 Å². The number of hydrogen-bond acceptors (Lipinski definition) is 4. The zero-order valence-electron chi connectivity index (χ0n) is 6.07. The van der Waals surface area contributed by atoms with Crippen LogP contribution in [0.25, 0.3) is 0 Å². The van der Waals surface area contributed by atoms with E-state index in [2.05, 4.69) is 0 Å². The van der Waals surface area contributed by atoms with Crippen LogP contribution in [0, 0.1) is 16.7 Å². The van der Waals surface area contributed by atoms with Crippen LogP contribution in [-0.4, -0.2) is 32.9 Å². The standard InChI is InChI=1S/C6H9N3O2/c1-6(3-7)2-4(10)5(8)9(6)11/h4,8,10-11H,2H2,1H3.